The van der Waals surface area contributed by atoms with Crippen molar-refractivity contribution in [1.29, 1.82) is 0 Å². The maximum absolute atomic E-state index is 12.2. The van der Waals surface area contributed by atoms with Crippen LogP contribution in [0.5, 0.6) is 0 Å². The van der Waals surface area contributed by atoms with Gasteiger partial charge in [-0.2, -0.15) is 5.10 Å². The maximum Gasteiger partial charge on any atom is 0.274 e. The Labute approximate surface area is 118 Å². The van der Waals surface area contributed by atoms with Gasteiger partial charge in [-0.15, -0.1) is 0 Å². The van der Waals surface area contributed by atoms with E-state index in [0.29, 0.717) is 11.4 Å². The standard InChI is InChI=1S/C14H19N5O/c1-4-6-15-11-5-7-16-12(8-11)14(20)17-13-9-19(3)18-10(13)2/h5,7-9H,4,6H2,1-3H3,(H,15,16)(H,17,20). The van der Waals surface area contributed by atoms with Crippen LogP contribution in [0.15, 0.2) is 24.5 Å². The second kappa shape index (κ2) is 6.18. The van der Waals surface area contributed by atoms with Crippen molar-refractivity contribution in [3.05, 3.63) is 35.9 Å². The summed E-state index contributed by atoms with van der Waals surface area (Å²) in [7, 11) is 1.82. The normalized spacial score (nSPS) is 10.3. The van der Waals surface area contributed by atoms with Crippen molar-refractivity contribution in [2.75, 3.05) is 17.2 Å². The van der Waals surface area contributed by atoms with Crippen molar-refractivity contribution in [2.24, 2.45) is 7.05 Å². The van der Waals surface area contributed by atoms with Gasteiger partial charge in [0, 0.05) is 31.7 Å². The van der Waals surface area contributed by atoms with Gasteiger partial charge in [0.15, 0.2) is 0 Å². The minimum Gasteiger partial charge on any atom is -0.385 e. The molecule has 0 fully saturated rings. The number of aryl methyl sites for hydroxylation is 2. The molecule has 0 aliphatic rings. The Balaban J connectivity index is 2.10. The number of amides is 1. The monoisotopic (exact) mass is 273 g/mol. The highest BCUT2D eigenvalue weighted by molar-refractivity contribution is 6.03. The summed E-state index contributed by atoms with van der Waals surface area (Å²) in [6, 6.07) is 3.60. The second-order valence-electron chi connectivity index (χ2n) is 4.61. The lowest BCUT2D eigenvalue weighted by molar-refractivity contribution is 0.102. The molecule has 2 aromatic rings. The van der Waals surface area contributed by atoms with Gasteiger partial charge in [-0.1, -0.05) is 6.92 Å². The van der Waals surface area contributed by atoms with Gasteiger partial charge in [-0.25, -0.2) is 0 Å². The zero-order chi connectivity index (χ0) is 14.5. The predicted molar refractivity (Wildman–Crippen MR) is 78.9 cm³/mol. The highest BCUT2D eigenvalue weighted by atomic mass is 16.1. The smallest absolute Gasteiger partial charge is 0.274 e. The molecule has 0 radical (unpaired) electrons. The van der Waals surface area contributed by atoms with Crippen LogP contribution < -0.4 is 10.6 Å². The van der Waals surface area contributed by atoms with Crippen molar-refractivity contribution < 1.29 is 4.79 Å². The lowest BCUT2D eigenvalue weighted by Gasteiger charge is -2.07. The Morgan fingerprint density at radius 2 is 2.25 bits per heavy atom. The summed E-state index contributed by atoms with van der Waals surface area (Å²) in [5, 5.41) is 10.2. The Morgan fingerprint density at radius 3 is 2.90 bits per heavy atom. The summed E-state index contributed by atoms with van der Waals surface area (Å²) in [5.41, 5.74) is 2.76. The van der Waals surface area contributed by atoms with Crippen molar-refractivity contribution >= 4 is 17.3 Å². The molecule has 0 atom stereocenters. The number of nitrogens with one attached hydrogen (secondary N) is 2. The van der Waals surface area contributed by atoms with E-state index in [1.165, 1.54) is 0 Å². The van der Waals surface area contributed by atoms with E-state index in [1.54, 1.807) is 23.1 Å². The average Bonchev–Trinajstić information content (AvgIpc) is 2.75. The fraction of sp³-hybridized carbons (Fsp3) is 0.357. The van der Waals surface area contributed by atoms with Gasteiger partial charge in [0.05, 0.1) is 11.4 Å². The van der Waals surface area contributed by atoms with Crippen LogP contribution in [0, 0.1) is 6.92 Å². The van der Waals surface area contributed by atoms with Crippen molar-refractivity contribution in [3.63, 3.8) is 0 Å². The first-order valence-electron chi connectivity index (χ1n) is 6.61. The number of anilines is 2. The summed E-state index contributed by atoms with van der Waals surface area (Å²) in [6.45, 7) is 4.81. The topological polar surface area (TPSA) is 71.8 Å². The average molecular weight is 273 g/mol. The number of aromatic nitrogens is 3. The maximum atomic E-state index is 12.2. The summed E-state index contributed by atoms with van der Waals surface area (Å²) in [4.78, 5) is 16.3. The first-order chi connectivity index (χ1) is 9.60. The lowest BCUT2D eigenvalue weighted by atomic mass is 10.3. The van der Waals surface area contributed by atoms with Gasteiger partial charge in [0.2, 0.25) is 0 Å². The van der Waals surface area contributed by atoms with Gasteiger partial charge in [-0.3, -0.25) is 14.5 Å². The molecule has 2 heterocycles. The van der Waals surface area contributed by atoms with E-state index in [2.05, 4.69) is 27.6 Å². The number of nitrogens with zero attached hydrogens (tertiary/aromatic N) is 3. The minimum atomic E-state index is -0.235. The fourth-order valence-electron chi connectivity index (χ4n) is 1.84. The van der Waals surface area contributed by atoms with Crippen LogP contribution in [0.2, 0.25) is 0 Å². The predicted octanol–water partition coefficient (Wildman–Crippen LogP) is 2.20. The molecule has 0 aliphatic heterocycles. The van der Waals surface area contributed by atoms with E-state index in [1.807, 2.05) is 20.0 Å². The molecular formula is C14H19N5O. The van der Waals surface area contributed by atoms with Crippen LogP contribution in [0.1, 0.15) is 29.5 Å². The van der Waals surface area contributed by atoms with Gasteiger partial charge >= 0.3 is 0 Å². The molecule has 0 aromatic carbocycles. The molecule has 6 heteroatoms. The Bertz CT molecular complexity index is 605. The quantitative estimate of drug-likeness (QED) is 0.876. The first kappa shape index (κ1) is 14.0. The number of carbonyl (C=O) groups excluding carboxylic acids is 1. The van der Waals surface area contributed by atoms with Crippen LogP contribution in [-0.4, -0.2) is 27.2 Å². The number of rotatable bonds is 5. The van der Waals surface area contributed by atoms with Gasteiger partial charge in [0.1, 0.15) is 5.69 Å². The molecule has 0 aliphatic carbocycles. The fourth-order valence-corrected chi connectivity index (χ4v) is 1.84. The van der Waals surface area contributed by atoms with Crippen molar-refractivity contribution in [3.8, 4) is 0 Å². The van der Waals surface area contributed by atoms with Crippen LogP contribution in [0.25, 0.3) is 0 Å². The Hall–Kier alpha value is -2.37. The number of pyridine rings is 1. The number of carbonyl (C=O) groups is 1. The van der Waals surface area contributed by atoms with Crippen LogP contribution >= 0.6 is 0 Å². The van der Waals surface area contributed by atoms with E-state index in [0.717, 1.165) is 24.3 Å². The van der Waals surface area contributed by atoms with E-state index >= 15 is 0 Å². The molecule has 2 aromatic heterocycles. The summed E-state index contributed by atoms with van der Waals surface area (Å²) >= 11 is 0. The Morgan fingerprint density at radius 1 is 1.45 bits per heavy atom. The Kier molecular flexibility index (Phi) is 4.34. The van der Waals surface area contributed by atoms with Crippen molar-refractivity contribution in [2.45, 2.75) is 20.3 Å². The third kappa shape index (κ3) is 3.34. The van der Waals surface area contributed by atoms with E-state index in [9.17, 15) is 4.79 Å². The van der Waals surface area contributed by atoms with E-state index in [4.69, 9.17) is 0 Å². The largest absolute Gasteiger partial charge is 0.385 e. The van der Waals surface area contributed by atoms with Crippen LogP contribution in [0.4, 0.5) is 11.4 Å². The molecule has 6 nitrogen and oxygen atoms in total. The zero-order valence-corrected chi connectivity index (χ0v) is 12.0. The second-order valence-corrected chi connectivity index (χ2v) is 4.61. The van der Waals surface area contributed by atoms with Crippen molar-refractivity contribution in [1.82, 2.24) is 14.8 Å². The molecule has 2 rings (SSSR count). The third-order valence-electron chi connectivity index (χ3n) is 2.83. The van der Waals surface area contributed by atoms with Crippen LogP contribution in [0.3, 0.4) is 0 Å². The molecule has 0 bridgehead atoms. The number of hydrogen-bond acceptors (Lipinski definition) is 4. The molecule has 0 spiro atoms. The highest BCUT2D eigenvalue weighted by Crippen LogP contribution is 2.14. The van der Waals surface area contributed by atoms with Gasteiger partial charge in [0.25, 0.3) is 5.91 Å². The highest BCUT2D eigenvalue weighted by Gasteiger charge is 2.11. The summed E-state index contributed by atoms with van der Waals surface area (Å²) in [5.74, 6) is -0.235. The molecule has 2 N–H and O–H groups in total. The third-order valence-corrected chi connectivity index (χ3v) is 2.83. The number of hydrogen-bond donors (Lipinski definition) is 2. The molecule has 1 amide bonds. The van der Waals surface area contributed by atoms with Gasteiger partial charge < -0.3 is 10.6 Å². The summed E-state index contributed by atoms with van der Waals surface area (Å²) < 4.78 is 1.66. The molecule has 0 saturated heterocycles. The van der Waals surface area contributed by atoms with Crippen LogP contribution in [-0.2, 0) is 7.05 Å². The van der Waals surface area contributed by atoms with Gasteiger partial charge in [-0.05, 0) is 25.5 Å². The molecule has 20 heavy (non-hydrogen) atoms. The molecule has 0 saturated carbocycles. The molecule has 0 unspecified atom stereocenters. The van der Waals surface area contributed by atoms with E-state index < -0.39 is 0 Å². The lowest BCUT2D eigenvalue weighted by Crippen LogP contribution is -2.14. The minimum absolute atomic E-state index is 0.235. The summed E-state index contributed by atoms with van der Waals surface area (Å²) in [6.07, 6.45) is 4.42. The first-order valence-corrected chi connectivity index (χ1v) is 6.61. The molecular weight excluding hydrogens is 254 g/mol. The van der Waals surface area contributed by atoms with E-state index in [-0.39, 0.29) is 5.91 Å². The zero-order valence-electron chi connectivity index (χ0n) is 12.0. The SMILES string of the molecule is CCCNc1ccnc(C(=O)Nc2cn(C)nc2C)c1. The molecule has 106 valence electrons.